The lowest BCUT2D eigenvalue weighted by Crippen LogP contribution is -2.43. The number of carboxylic acids is 1. The monoisotopic (exact) mass is 279 g/mol. The summed E-state index contributed by atoms with van der Waals surface area (Å²) >= 11 is 0. The molecule has 2 amide bonds. The van der Waals surface area contributed by atoms with Gasteiger partial charge in [-0.15, -0.1) is 0 Å². The fraction of sp³-hybridized carbons (Fsp3) is 0.500. The van der Waals surface area contributed by atoms with Crippen molar-refractivity contribution >= 4 is 12.0 Å². The van der Waals surface area contributed by atoms with E-state index in [9.17, 15) is 9.59 Å². The highest BCUT2D eigenvalue weighted by molar-refractivity contribution is 5.75. The van der Waals surface area contributed by atoms with Crippen molar-refractivity contribution in [3.8, 4) is 0 Å². The molecule has 20 heavy (non-hydrogen) atoms. The minimum Gasteiger partial charge on any atom is -0.481 e. The molecule has 0 radical (unpaired) electrons. The zero-order valence-electron chi connectivity index (χ0n) is 12.1. The van der Waals surface area contributed by atoms with E-state index in [1.807, 2.05) is 32.0 Å². The molecule has 0 atom stereocenters. The molecule has 1 aromatic heterocycles. The Bertz CT molecular complexity index is 460. The third-order valence-corrected chi connectivity index (χ3v) is 3.05. The number of aromatic nitrogens is 1. The van der Waals surface area contributed by atoms with Crippen LogP contribution >= 0.6 is 0 Å². The number of hydrogen-bond acceptors (Lipinski definition) is 3. The van der Waals surface area contributed by atoms with Crippen LogP contribution in [0, 0.1) is 0 Å². The van der Waals surface area contributed by atoms with E-state index >= 15 is 0 Å². The Hall–Kier alpha value is -2.11. The highest BCUT2D eigenvalue weighted by Crippen LogP contribution is 2.19. The van der Waals surface area contributed by atoms with Gasteiger partial charge in [-0.2, -0.15) is 0 Å². The van der Waals surface area contributed by atoms with Gasteiger partial charge < -0.3 is 15.3 Å². The average Bonchev–Trinajstić information content (AvgIpc) is 2.43. The number of nitrogens with one attached hydrogen (secondary N) is 1. The van der Waals surface area contributed by atoms with E-state index in [1.165, 1.54) is 4.90 Å². The molecular weight excluding hydrogens is 258 g/mol. The number of nitrogens with zero attached hydrogens (tertiary/aromatic N) is 2. The first kappa shape index (κ1) is 15.9. The first-order valence-corrected chi connectivity index (χ1v) is 6.45. The number of carbonyl (C=O) groups excluding carboxylic acids is 1. The van der Waals surface area contributed by atoms with Crippen LogP contribution in [0.25, 0.3) is 0 Å². The van der Waals surface area contributed by atoms with Crippen LogP contribution in [-0.2, 0) is 10.2 Å². The number of aliphatic carboxylic acids is 1. The maximum absolute atomic E-state index is 11.8. The Morgan fingerprint density at radius 3 is 2.65 bits per heavy atom. The maximum Gasteiger partial charge on any atom is 0.317 e. The first-order chi connectivity index (χ1) is 9.33. The molecule has 1 rings (SSSR count). The lowest BCUT2D eigenvalue weighted by Gasteiger charge is -2.26. The van der Waals surface area contributed by atoms with Crippen molar-refractivity contribution in [2.75, 3.05) is 20.1 Å². The van der Waals surface area contributed by atoms with E-state index in [1.54, 1.807) is 13.2 Å². The Kier molecular flexibility index (Phi) is 5.49. The minimum atomic E-state index is -0.918. The largest absolute Gasteiger partial charge is 0.481 e. The maximum atomic E-state index is 11.8. The Morgan fingerprint density at radius 2 is 2.10 bits per heavy atom. The number of carbonyl (C=O) groups is 2. The summed E-state index contributed by atoms with van der Waals surface area (Å²) in [5.41, 5.74) is 0.610. The summed E-state index contributed by atoms with van der Waals surface area (Å²) in [6.07, 6.45) is 1.66. The molecule has 0 fully saturated rings. The van der Waals surface area contributed by atoms with Crippen LogP contribution < -0.4 is 5.32 Å². The van der Waals surface area contributed by atoms with Gasteiger partial charge in [0.1, 0.15) is 0 Å². The van der Waals surface area contributed by atoms with Crippen LogP contribution in [0.4, 0.5) is 4.79 Å². The van der Waals surface area contributed by atoms with E-state index in [-0.39, 0.29) is 24.4 Å². The second kappa shape index (κ2) is 6.88. The summed E-state index contributed by atoms with van der Waals surface area (Å²) < 4.78 is 0. The molecule has 0 saturated heterocycles. The van der Waals surface area contributed by atoms with Crippen molar-refractivity contribution in [3.05, 3.63) is 30.1 Å². The predicted octanol–water partition coefficient (Wildman–Crippen LogP) is 1.48. The molecule has 0 aliphatic rings. The third kappa shape index (κ3) is 4.87. The van der Waals surface area contributed by atoms with Crippen LogP contribution in [0.15, 0.2) is 24.4 Å². The van der Waals surface area contributed by atoms with Crippen molar-refractivity contribution in [2.45, 2.75) is 25.7 Å². The smallest absolute Gasteiger partial charge is 0.317 e. The average molecular weight is 279 g/mol. The molecule has 0 aromatic carbocycles. The molecule has 6 nitrogen and oxygen atoms in total. The fourth-order valence-electron chi connectivity index (χ4n) is 1.65. The molecule has 0 unspecified atom stereocenters. The van der Waals surface area contributed by atoms with Gasteiger partial charge in [-0.1, -0.05) is 19.9 Å². The van der Waals surface area contributed by atoms with Gasteiger partial charge in [0.15, 0.2) is 0 Å². The molecule has 6 heteroatoms. The molecule has 0 bridgehead atoms. The van der Waals surface area contributed by atoms with Gasteiger partial charge in [0, 0.05) is 37.4 Å². The van der Waals surface area contributed by atoms with Crippen LogP contribution in [0.3, 0.4) is 0 Å². The molecule has 2 N–H and O–H groups in total. The third-order valence-electron chi connectivity index (χ3n) is 3.05. The number of rotatable bonds is 6. The van der Waals surface area contributed by atoms with E-state index < -0.39 is 5.97 Å². The SMILES string of the molecule is CN(CCC(=O)O)C(=O)NCC(C)(C)c1ccccn1. The van der Waals surface area contributed by atoms with Gasteiger partial charge in [-0.05, 0) is 12.1 Å². The highest BCUT2D eigenvalue weighted by atomic mass is 16.4. The van der Waals surface area contributed by atoms with E-state index in [0.29, 0.717) is 6.54 Å². The summed E-state index contributed by atoms with van der Waals surface area (Å²) in [7, 11) is 1.58. The van der Waals surface area contributed by atoms with Gasteiger partial charge >= 0.3 is 12.0 Å². The Balaban J connectivity index is 2.49. The Labute approximate surface area is 118 Å². The van der Waals surface area contributed by atoms with Crippen LogP contribution in [0.1, 0.15) is 26.0 Å². The number of pyridine rings is 1. The van der Waals surface area contributed by atoms with E-state index in [0.717, 1.165) is 5.69 Å². The fourth-order valence-corrected chi connectivity index (χ4v) is 1.65. The van der Waals surface area contributed by atoms with Crippen molar-refractivity contribution in [1.82, 2.24) is 15.2 Å². The van der Waals surface area contributed by atoms with E-state index in [4.69, 9.17) is 5.11 Å². The zero-order valence-corrected chi connectivity index (χ0v) is 12.1. The van der Waals surface area contributed by atoms with Gasteiger partial charge in [-0.25, -0.2) is 4.79 Å². The molecule has 0 spiro atoms. The first-order valence-electron chi connectivity index (χ1n) is 6.45. The number of hydrogen-bond donors (Lipinski definition) is 2. The van der Waals surface area contributed by atoms with Crippen LogP contribution in [0.2, 0.25) is 0 Å². The highest BCUT2D eigenvalue weighted by Gasteiger charge is 2.23. The summed E-state index contributed by atoms with van der Waals surface area (Å²) in [6, 6.07) is 5.39. The van der Waals surface area contributed by atoms with E-state index in [2.05, 4.69) is 10.3 Å². The van der Waals surface area contributed by atoms with Gasteiger partial charge in [0.25, 0.3) is 0 Å². The predicted molar refractivity (Wildman–Crippen MR) is 75.5 cm³/mol. The second-order valence-corrected chi connectivity index (χ2v) is 5.32. The number of urea groups is 1. The van der Waals surface area contributed by atoms with Gasteiger partial charge in [-0.3, -0.25) is 9.78 Å². The summed E-state index contributed by atoms with van der Waals surface area (Å²) in [5.74, 6) is -0.918. The Morgan fingerprint density at radius 1 is 1.40 bits per heavy atom. The quantitative estimate of drug-likeness (QED) is 0.826. The minimum absolute atomic E-state index is 0.0620. The molecule has 0 saturated carbocycles. The van der Waals surface area contributed by atoms with Gasteiger partial charge in [0.2, 0.25) is 0 Å². The molecule has 0 aliphatic heterocycles. The van der Waals surface area contributed by atoms with Crippen LogP contribution in [0.5, 0.6) is 0 Å². The normalized spacial score (nSPS) is 10.9. The number of carboxylic acid groups (broad SMARTS) is 1. The summed E-state index contributed by atoms with van der Waals surface area (Å²) in [5, 5.41) is 11.4. The van der Waals surface area contributed by atoms with Gasteiger partial charge in [0.05, 0.1) is 6.42 Å². The molecule has 110 valence electrons. The summed E-state index contributed by atoms with van der Waals surface area (Å²) in [4.78, 5) is 28.0. The second-order valence-electron chi connectivity index (χ2n) is 5.32. The lowest BCUT2D eigenvalue weighted by molar-refractivity contribution is -0.137. The zero-order chi connectivity index (χ0) is 15.2. The molecule has 1 aromatic rings. The molecular formula is C14H21N3O3. The topological polar surface area (TPSA) is 82.5 Å². The number of amides is 2. The van der Waals surface area contributed by atoms with Crippen molar-refractivity contribution in [1.29, 1.82) is 0 Å². The molecule has 0 aliphatic carbocycles. The van der Waals surface area contributed by atoms with Crippen LogP contribution in [-0.4, -0.2) is 47.1 Å². The van der Waals surface area contributed by atoms with Crippen molar-refractivity contribution in [3.63, 3.8) is 0 Å². The standard InChI is InChI=1S/C14H21N3O3/c1-14(2,11-6-4-5-8-15-11)10-16-13(20)17(3)9-7-12(18)19/h4-6,8H,7,9-10H2,1-3H3,(H,16,20)(H,18,19). The summed E-state index contributed by atoms with van der Waals surface area (Å²) in [6.45, 7) is 4.60. The van der Waals surface area contributed by atoms with Crippen molar-refractivity contribution in [2.24, 2.45) is 0 Å². The molecule has 1 heterocycles. The van der Waals surface area contributed by atoms with Crippen molar-refractivity contribution < 1.29 is 14.7 Å². The lowest BCUT2D eigenvalue weighted by atomic mass is 9.89.